The monoisotopic (exact) mass is 886 g/mol. The molecule has 1 saturated heterocycles. The van der Waals surface area contributed by atoms with Gasteiger partial charge >= 0.3 is 11.8 Å². The Morgan fingerprint density at radius 2 is 1.72 bits per heavy atom. The SMILES string of the molecule is C#C[C@]1(C)O/C=C/[C@H](OC)[C@@H](CC)[C@@H](OC(C)=O)[C@H](C)[C@H](O)[C@H](C)[C@@H](O)[C@@H](C)/C=C/C=C(/C)C(=O)Nc2c(O)c3c(O)c(C)c(c(C=O)c3c3c2=NC2(CCN(CC(C)C)CC2)N=3)O1. The number of fused-ring (bicyclic) bond motifs is 16. The Hall–Kier alpha value is -5.27. The number of phenols is 2. The quantitative estimate of drug-likeness (QED) is 0.107. The minimum absolute atomic E-state index is 0.0395. The fourth-order valence-electron chi connectivity index (χ4n) is 9.15. The van der Waals surface area contributed by atoms with Gasteiger partial charge in [-0.05, 0) is 38.2 Å². The molecule has 0 unspecified atom stereocenters. The van der Waals surface area contributed by atoms with Gasteiger partial charge in [0.15, 0.2) is 17.7 Å². The van der Waals surface area contributed by atoms with Gasteiger partial charge < -0.3 is 49.6 Å². The van der Waals surface area contributed by atoms with Gasteiger partial charge in [-0.1, -0.05) is 59.8 Å². The van der Waals surface area contributed by atoms with E-state index in [2.05, 4.69) is 30.0 Å². The highest BCUT2D eigenvalue weighted by atomic mass is 16.7. The van der Waals surface area contributed by atoms with Crippen molar-refractivity contribution in [3.8, 4) is 29.6 Å². The molecule has 5 N–H and O–H groups in total. The molecule has 2 aromatic rings. The second kappa shape index (κ2) is 20.3. The number of rotatable bonds is 6. The van der Waals surface area contributed by atoms with E-state index in [1.807, 2.05) is 6.92 Å². The number of carbonyl (C=O) groups is 3. The van der Waals surface area contributed by atoms with Gasteiger partial charge in [0.1, 0.15) is 28.6 Å². The van der Waals surface area contributed by atoms with Crippen molar-refractivity contribution >= 4 is 34.6 Å². The minimum atomic E-state index is -1.91. The Balaban J connectivity index is 1.75. The number of ether oxygens (including phenoxy) is 4. The van der Waals surface area contributed by atoms with Gasteiger partial charge in [-0.2, -0.15) is 0 Å². The molecule has 0 radical (unpaired) electrons. The predicted molar refractivity (Wildman–Crippen MR) is 242 cm³/mol. The van der Waals surface area contributed by atoms with E-state index in [-0.39, 0.29) is 49.6 Å². The molecular formula is C49H66N4O11. The molecule has 2 aromatic carbocycles. The summed E-state index contributed by atoms with van der Waals surface area (Å²) in [5, 5.41) is 50.2. The van der Waals surface area contributed by atoms with Crippen molar-refractivity contribution in [3.05, 3.63) is 58.0 Å². The Kier molecular flexibility index (Phi) is 15.8. The zero-order chi connectivity index (χ0) is 47.4. The molecule has 1 fully saturated rings. The molecule has 0 saturated carbocycles. The molecule has 1 amide bonds. The van der Waals surface area contributed by atoms with E-state index in [0.717, 1.165) is 6.54 Å². The predicted octanol–water partition coefficient (Wildman–Crippen LogP) is 5.39. The summed E-state index contributed by atoms with van der Waals surface area (Å²) >= 11 is 0. The molecule has 4 heterocycles. The Morgan fingerprint density at radius 1 is 1.06 bits per heavy atom. The second-order valence-corrected chi connectivity index (χ2v) is 18.1. The lowest BCUT2D eigenvalue weighted by Crippen LogP contribution is -2.47. The number of carbonyl (C=O) groups excluding carboxylic acids is 3. The molecule has 64 heavy (non-hydrogen) atoms. The molecule has 15 nitrogen and oxygen atoms in total. The summed E-state index contributed by atoms with van der Waals surface area (Å²) in [6.45, 7) is 19.5. The summed E-state index contributed by atoms with van der Waals surface area (Å²) in [5.41, 5.74) is -0.901. The van der Waals surface area contributed by atoms with E-state index in [4.69, 9.17) is 35.4 Å². The molecule has 1 spiro atoms. The number of anilines is 1. The van der Waals surface area contributed by atoms with Gasteiger partial charge in [-0.15, -0.1) is 6.42 Å². The number of methoxy groups -OCH3 is 1. The van der Waals surface area contributed by atoms with E-state index in [1.54, 1.807) is 52.0 Å². The molecule has 0 aromatic heterocycles. The average molecular weight is 887 g/mol. The van der Waals surface area contributed by atoms with Crippen LogP contribution in [0, 0.1) is 48.9 Å². The van der Waals surface area contributed by atoms with Crippen LogP contribution >= 0.6 is 0 Å². The lowest BCUT2D eigenvalue weighted by molar-refractivity contribution is -0.161. The molecular weight excluding hydrogens is 821 g/mol. The van der Waals surface area contributed by atoms with Crippen molar-refractivity contribution < 1.29 is 53.8 Å². The highest BCUT2D eigenvalue weighted by molar-refractivity contribution is 6.11. The Bertz CT molecular complexity index is 2360. The second-order valence-electron chi connectivity index (χ2n) is 18.1. The van der Waals surface area contributed by atoms with Crippen LogP contribution in [-0.2, 0) is 23.8 Å². The first-order chi connectivity index (χ1) is 30.2. The number of amides is 1. The van der Waals surface area contributed by atoms with Crippen LogP contribution in [0.5, 0.6) is 17.2 Å². The lowest BCUT2D eigenvalue weighted by atomic mass is 9.77. The van der Waals surface area contributed by atoms with Gasteiger partial charge in [0.25, 0.3) is 5.91 Å². The minimum Gasteiger partial charge on any atom is -0.507 e. The van der Waals surface area contributed by atoms with Crippen molar-refractivity contribution in [1.82, 2.24) is 4.90 Å². The fourth-order valence-corrected chi connectivity index (χ4v) is 9.15. The van der Waals surface area contributed by atoms with Crippen LogP contribution < -0.4 is 20.8 Å². The number of likely N-dealkylation sites (tertiary alicyclic amines) is 1. The van der Waals surface area contributed by atoms with Crippen LogP contribution in [0.2, 0.25) is 0 Å². The maximum atomic E-state index is 13.9. The summed E-state index contributed by atoms with van der Waals surface area (Å²) in [4.78, 5) is 52.4. The van der Waals surface area contributed by atoms with Crippen LogP contribution in [0.3, 0.4) is 0 Å². The maximum Gasteiger partial charge on any atom is 0.312 e. The summed E-state index contributed by atoms with van der Waals surface area (Å²) in [5.74, 6) is -3.64. The lowest BCUT2D eigenvalue weighted by Gasteiger charge is -2.39. The number of hydrogen-bond acceptors (Lipinski definition) is 14. The number of aldehydes is 1. The van der Waals surface area contributed by atoms with Gasteiger partial charge in [0.2, 0.25) is 0 Å². The molecule has 4 aliphatic heterocycles. The number of allylic oxidation sites excluding steroid dienone is 2. The molecule has 15 heteroatoms. The highest BCUT2D eigenvalue weighted by Crippen LogP contribution is 2.45. The number of esters is 1. The van der Waals surface area contributed by atoms with E-state index in [9.17, 15) is 34.8 Å². The summed E-state index contributed by atoms with van der Waals surface area (Å²) in [7, 11) is 1.48. The number of hydrogen-bond donors (Lipinski definition) is 5. The normalized spacial score (nSPS) is 31.0. The third-order valence-electron chi connectivity index (χ3n) is 12.9. The smallest absolute Gasteiger partial charge is 0.312 e. The average Bonchev–Trinajstić information content (AvgIpc) is 3.63. The third-order valence-corrected chi connectivity index (χ3v) is 12.9. The number of phenolic OH excluding ortho intramolecular Hbond substituents is 2. The summed E-state index contributed by atoms with van der Waals surface area (Å²) < 4.78 is 24.2. The van der Waals surface area contributed by atoms with Gasteiger partial charge in [0.05, 0.1) is 40.9 Å². The molecule has 348 valence electrons. The molecule has 0 aliphatic carbocycles. The van der Waals surface area contributed by atoms with Crippen molar-refractivity contribution in [3.63, 3.8) is 0 Å². The van der Waals surface area contributed by atoms with Crippen LogP contribution in [-0.4, -0.2) is 106 Å². The standard InChI is InChI=1S/C49H66N4O11/c1-13-33-35(61-12)18-23-62-48(11,14-2)64-46-31(9)43(58)37-36(34(46)25-54)38-39(52-49(51-38)19-21-53(22-20-49)24-26(3)4)40(44(37)59)50-47(60)28(6)17-15-16-27(5)41(56)29(7)42(57)30(8)45(33)63-32(10)55/h2,15-18,23,25-27,29-30,33,35,41-42,45,56-59H,13,19-22,24H2,1,3-12H3,(H,50,60)/b16-15+,23-18+,28-17-/t27-,29+,30+,33+,35-,41-,42+,45-,48+/m0/s1. The highest BCUT2D eigenvalue weighted by Gasteiger charge is 2.42. The largest absolute Gasteiger partial charge is 0.507 e. The molecule has 4 bridgehead atoms. The summed E-state index contributed by atoms with van der Waals surface area (Å²) in [6.07, 6.45) is 12.0. The number of aliphatic hydroxyl groups excluding tert-OH is 2. The first kappa shape index (κ1) is 49.7. The number of piperidine rings is 1. The number of terminal acetylenes is 1. The van der Waals surface area contributed by atoms with E-state index in [1.165, 1.54) is 34.1 Å². The fraction of sp³-hybridized carbons (Fsp3) is 0.571. The van der Waals surface area contributed by atoms with Crippen molar-refractivity contribution in [1.29, 1.82) is 0 Å². The molecule has 4 aliphatic rings. The number of nitrogens with zero attached hydrogens (tertiary/aromatic N) is 3. The van der Waals surface area contributed by atoms with Gasteiger partial charge in [0, 0.05) is 93.6 Å². The Labute approximate surface area is 375 Å². The molecule has 6 rings (SSSR count). The van der Waals surface area contributed by atoms with Gasteiger partial charge in [-0.25, -0.2) is 0 Å². The van der Waals surface area contributed by atoms with E-state index < -0.39 is 82.9 Å². The van der Waals surface area contributed by atoms with Crippen LogP contribution in [0.25, 0.3) is 10.8 Å². The first-order valence-electron chi connectivity index (χ1n) is 22.1. The third kappa shape index (κ3) is 10.2. The van der Waals surface area contributed by atoms with E-state index in [0.29, 0.717) is 44.6 Å². The van der Waals surface area contributed by atoms with Crippen molar-refractivity contribution in [2.24, 2.45) is 39.6 Å². The number of aromatic hydroxyl groups is 2. The zero-order valence-corrected chi connectivity index (χ0v) is 39.0. The number of nitrogens with one attached hydrogen (secondary N) is 1. The first-order valence-corrected chi connectivity index (χ1v) is 22.1. The van der Waals surface area contributed by atoms with Crippen molar-refractivity contribution in [2.75, 3.05) is 32.1 Å². The maximum absolute atomic E-state index is 13.9. The van der Waals surface area contributed by atoms with Crippen LogP contribution in [0.1, 0.15) is 97.5 Å². The van der Waals surface area contributed by atoms with Crippen LogP contribution in [0.15, 0.2) is 46.1 Å². The Morgan fingerprint density at radius 3 is 2.30 bits per heavy atom. The summed E-state index contributed by atoms with van der Waals surface area (Å²) in [6, 6.07) is 0. The zero-order valence-electron chi connectivity index (χ0n) is 39.0. The van der Waals surface area contributed by atoms with Crippen LogP contribution in [0.4, 0.5) is 5.69 Å². The van der Waals surface area contributed by atoms with Gasteiger partial charge in [-0.3, -0.25) is 24.4 Å². The number of aliphatic hydroxyl groups is 2. The topological polar surface area (TPSA) is 209 Å². The van der Waals surface area contributed by atoms with E-state index >= 15 is 0 Å². The molecule has 9 atom stereocenters. The van der Waals surface area contributed by atoms with Crippen molar-refractivity contribution in [2.45, 2.75) is 124 Å². The number of benzene rings is 2.